The Hall–Kier alpha value is -0.940. The van der Waals surface area contributed by atoms with Crippen LogP contribution in [0.3, 0.4) is 0 Å². The third-order valence-electron chi connectivity index (χ3n) is 1.95. The first-order valence-corrected chi connectivity index (χ1v) is 5.58. The first-order chi connectivity index (χ1) is 6.59. The van der Waals surface area contributed by atoms with Crippen LogP contribution in [0.15, 0.2) is 22.0 Å². The zero-order valence-corrected chi connectivity index (χ0v) is 9.68. The lowest BCUT2D eigenvalue weighted by Gasteiger charge is -1.96. The predicted octanol–water partition coefficient (Wildman–Crippen LogP) is 3.88. The number of hydrogen-bond acceptors (Lipinski definition) is 3. The summed E-state index contributed by atoms with van der Waals surface area (Å²) >= 11 is 4.79. The van der Waals surface area contributed by atoms with Crippen LogP contribution in [0.5, 0.6) is 0 Å². The molecular weight excluding hydrogens is 266 g/mol. The molecule has 1 aromatic carbocycles. The van der Waals surface area contributed by atoms with Gasteiger partial charge in [-0.05, 0) is 40.5 Å². The Morgan fingerprint density at radius 2 is 2.21 bits per heavy atom. The molecule has 0 atom stereocenters. The van der Waals surface area contributed by atoms with Crippen molar-refractivity contribution < 1.29 is 4.92 Å². The molecule has 2 rings (SSSR count). The first-order valence-electron chi connectivity index (χ1n) is 3.91. The minimum atomic E-state index is -0.343. The van der Waals surface area contributed by atoms with E-state index in [1.165, 1.54) is 11.3 Å². The van der Waals surface area contributed by atoms with Crippen LogP contribution in [0.25, 0.3) is 10.1 Å². The van der Waals surface area contributed by atoms with Gasteiger partial charge in [-0.3, -0.25) is 10.1 Å². The number of rotatable bonds is 1. The fourth-order valence-electron chi connectivity index (χ4n) is 1.36. The van der Waals surface area contributed by atoms with Gasteiger partial charge < -0.3 is 0 Å². The largest absolute Gasteiger partial charge is 0.287 e. The SMILES string of the molecule is Cc1cc(Br)c2scc([N+](=O)[O-])c2c1. The van der Waals surface area contributed by atoms with E-state index in [4.69, 9.17) is 0 Å². The lowest BCUT2D eigenvalue weighted by Crippen LogP contribution is -1.85. The maximum absolute atomic E-state index is 10.7. The van der Waals surface area contributed by atoms with Crippen molar-refractivity contribution in [1.82, 2.24) is 0 Å². The standard InChI is InChI=1S/C9H6BrNO2S/c1-5-2-6-8(11(12)13)4-14-9(6)7(10)3-5/h2-4H,1H3. The molecule has 0 N–H and O–H groups in total. The molecule has 0 radical (unpaired) electrons. The molecule has 0 spiro atoms. The van der Waals surface area contributed by atoms with Crippen molar-refractivity contribution in [2.75, 3.05) is 0 Å². The van der Waals surface area contributed by atoms with Crippen LogP contribution in [0.1, 0.15) is 5.56 Å². The van der Waals surface area contributed by atoms with E-state index in [2.05, 4.69) is 15.9 Å². The van der Waals surface area contributed by atoms with Crippen molar-refractivity contribution in [3.63, 3.8) is 0 Å². The van der Waals surface area contributed by atoms with Gasteiger partial charge in [0.1, 0.15) is 0 Å². The Balaban J connectivity index is 2.85. The van der Waals surface area contributed by atoms with E-state index in [1.54, 1.807) is 5.38 Å². The van der Waals surface area contributed by atoms with Gasteiger partial charge >= 0.3 is 0 Å². The molecule has 0 amide bonds. The van der Waals surface area contributed by atoms with E-state index in [0.29, 0.717) is 5.39 Å². The van der Waals surface area contributed by atoms with Crippen molar-refractivity contribution in [2.45, 2.75) is 6.92 Å². The van der Waals surface area contributed by atoms with Crippen LogP contribution in [-0.2, 0) is 0 Å². The van der Waals surface area contributed by atoms with Gasteiger partial charge in [0.15, 0.2) is 0 Å². The number of aryl methyl sites for hydroxylation is 1. The topological polar surface area (TPSA) is 43.1 Å². The zero-order valence-electron chi connectivity index (χ0n) is 7.28. The molecule has 0 saturated carbocycles. The summed E-state index contributed by atoms with van der Waals surface area (Å²) in [5.41, 5.74) is 1.21. The van der Waals surface area contributed by atoms with Gasteiger partial charge in [0.05, 0.1) is 20.4 Å². The monoisotopic (exact) mass is 271 g/mol. The van der Waals surface area contributed by atoms with E-state index >= 15 is 0 Å². The Labute approximate surface area is 92.6 Å². The highest BCUT2D eigenvalue weighted by Gasteiger charge is 2.15. The minimum absolute atomic E-state index is 0.189. The number of nitrogens with zero attached hydrogens (tertiary/aromatic N) is 1. The van der Waals surface area contributed by atoms with Crippen molar-refractivity contribution in [2.24, 2.45) is 0 Å². The number of benzene rings is 1. The van der Waals surface area contributed by atoms with Gasteiger partial charge in [-0.2, -0.15) is 0 Å². The second-order valence-corrected chi connectivity index (χ2v) is 4.74. The molecular formula is C9H6BrNO2S. The summed E-state index contributed by atoms with van der Waals surface area (Å²) in [6, 6.07) is 3.80. The number of fused-ring (bicyclic) bond motifs is 1. The number of nitro groups is 1. The Morgan fingerprint density at radius 3 is 2.86 bits per heavy atom. The van der Waals surface area contributed by atoms with E-state index in [-0.39, 0.29) is 10.6 Å². The van der Waals surface area contributed by atoms with Crippen LogP contribution in [-0.4, -0.2) is 4.92 Å². The van der Waals surface area contributed by atoms with Gasteiger partial charge in [0, 0.05) is 4.47 Å². The molecule has 0 bridgehead atoms. The molecule has 2 aromatic rings. The maximum atomic E-state index is 10.7. The van der Waals surface area contributed by atoms with E-state index in [9.17, 15) is 10.1 Å². The van der Waals surface area contributed by atoms with Crippen LogP contribution in [0.2, 0.25) is 0 Å². The fraction of sp³-hybridized carbons (Fsp3) is 0.111. The molecule has 1 aromatic heterocycles. The fourth-order valence-corrected chi connectivity index (χ4v) is 3.12. The van der Waals surface area contributed by atoms with Crippen LogP contribution >= 0.6 is 27.3 Å². The van der Waals surface area contributed by atoms with Crippen molar-refractivity contribution >= 4 is 43.0 Å². The third kappa shape index (κ3) is 1.42. The highest BCUT2D eigenvalue weighted by molar-refractivity contribution is 9.10. The normalized spacial score (nSPS) is 10.7. The van der Waals surface area contributed by atoms with Crippen LogP contribution in [0, 0.1) is 17.0 Å². The summed E-state index contributed by atoms with van der Waals surface area (Å²) in [6.45, 7) is 1.92. The minimum Gasteiger partial charge on any atom is -0.258 e. The molecule has 5 heteroatoms. The molecule has 0 fully saturated rings. The van der Waals surface area contributed by atoms with E-state index < -0.39 is 0 Å². The van der Waals surface area contributed by atoms with Crippen LogP contribution in [0.4, 0.5) is 5.69 Å². The highest BCUT2D eigenvalue weighted by Crippen LogP contribution is 2.37. The average Bonchev–Trinajstić information content (AvgIpc) is 2.47. The smallest absolute Gasteiger partial charge is 0.258 e. The molecule has 0 aliphatic heterocycles. The van der Waals surface area contributed by atoms with Gasteiger partial charge in [-0.1, -0.05) is 0 Å². The summed E-state index contributed by atoms with van der Waals surface area (Å²) in [6.07, 6.45) is 0. The summed E-state index contributed by atoms with van der Waals surface area (Å²) in [4.78, 5) is 10.4. The molecule has 3 nitrogen and oxygen atoms in total. The van der Waals surface area contributed by atoms with Gasteiger partial charge in [0.2, 0.25) is 0 Å². The number of thiophene rings is 1. The molecule has 14 heavy (non-hydrogen) atoms. The summed E-state index contributed by atoms with van der Waals surface area (Å²) in [5.74, 6) is 0. The van der Waals surface area contributed by atoms with Gasteiger partial charge in [0.25, 0.3) is 5.69 Å². The van der Waals surface area contributed by atoms with Crippen molar-refractivity contribution in [3.8, 4) is 0 Å². The Kier molecular flexibility index (Phi) is 2.28. The van der Waals surface area contributed by atoms with Crippen molar-refractivity contribution in [3.05, 3.63) is 37.7 Å². The van der Waals surface area contributed by atoms with Gasteiger partial charge in [-0.25, -0.2) is 0 Å². The molecule has 0 aliphatic carbocycles. The Bertz CT molecular complexity index is 521. The molecule has 0 aliphatic rings. The second-order valence-electron chi connectivity index (χ2n) is 3.00. The molecule has 0 saturated heterocycles. The average molecular weight is 272 g/mol. The molecule has 0 unspecified atom stereocenters. The van der Waals surface area contributed by atoms with E-state index in [0.717, 1.165) is 14.7 Å². The highest BCUT2D eigenvalue weighted by atomic mass is 79.9. The number of hydrogen-bond donors (Lipinski definition) is 0. The van der Waals surface area contributed by atoms with Crippen LogP contribution < -0.4 is 0 Å². The quantitative estimate of drug-likeness (QED) is 0.584. The zero-order chi connectivity index (χ0) is 10.3. The number of halogens is 1. The third-order valence-corrected chi connectivity index (χ3v) is 3.85. The predicted molar refractivity (Wildman–Crippen MR) is 60.9 cm³/mol. The first kappa shape index (κ1) is 9.61. The Morgan fingerprint density at radius 1 is 1.50 bits per heavy atom. The summed E-state index contributed by atoms with van der Waals surface area (Å²) in [7, 11) is 0. The van der Waals surface area contributed by atoms with Gasteiger partial charge in [-0.15, -0.1) is 11.3 Å². The molecule has 1 heterocycles. The second kappa shape index (κ2) is 3.33. The lowest BCUT2D eigenvalue weighted by molar-refractivity contribution is -0.382. The lowest BCUT2D eigenvalue weighted by atomic mass is 10.2. The summed E-state index contributed by atoms with van der Waals surface area (Å²) in [5, 5.41) is 13.0. The maximum Gasteiger partial charge on any atom is 0.287 e. The van der Waals surface area contributed by atoms with Crippen molar-refractivity contribution in [1.29, 1.82) is 0 Å². The summed E-state index contributed by atoms with van der Waals surface area (Å²) < 4.78 is 1.85. The van der Waals surface area contributed by atoms with E-state index in [1.807, 2.05) is 19.1 Å². The molecule has 72 valence electrons.